The summed E-state index contributed by atoms with van der Waals surface area (Å²) in [5, 5.41) is 7.35. The van der Waals surface area contributed by atoms with Gasteiger partial charge in [-0.2, -0.15) is 18.3 Å². The molecule has 0 saturated carbocycles. The first-order chi connectivity index (χ1) is 17.5. The maximum absolute atomic E-state index is 13.1. The Kier molecular flexibility index (Phi) is 7.38. The fourth-order valence-electron chi connectivity index (χ4n) is 4.16. The summed E-state index contributed by atoms with van der Waals surface area (Å²) in [6.45, 7) is 8.01. The number of carbonyl (C=O) groups is 1. The molecule has 3 aromatic carbocycles. The van der Waals surface area contributed by atoms with Gasteiger partial charge in [0.2, 0.25) is 0 Å². The number of nitrogens with one attached hydrogen (secondary N) is 1. The second-order valence-corrected chi connectivity index (χ2v) is 9.11. The van der Waals surface area contributed by atoms with Crippen LogP contribution in [0, 0.1) is 27.7 Å². The van der Waals surface area contributed by atoms with Crippen LogP contribution in [0.15, 0.2) is 66.7 Å². The minimum atomic E-state index is -4.41. The summed E-state index contributed by atoms with van der Waals surface area (Å²) in [6.07, 6.45) is -4.41. The Morgan fingerprint density at radius 3 is 2.41 bits per heavy atom. The fraction of sp³-hybridized carbons (Fsp3) is 0.241. The lowest BCUT2D eigenvalue weighted by atomic mass is 10.1. The number of hydrogen-bond acceptors (Lipinski definition) is 3. The number of benzene rings is 3. The monoisotopic (exact) mass is 507 g/mol. The van der Waals surface area contributed by atoms with E-state index in [1.54, 1.807) is 42.8 Å². The normalized spacial score (nSPS) is 11.4. The zero-order chi connectivity index (χ0) is 26.7. The third kappa shape index (κ3) is 6.20. The molecule has 8 heteroatoms. The molecule has 0 aliphatic carbocycles. The number of ether oxygens (including phenoxy) is 1. The van der Waals surface area contributed by atoms with Crippen LogP contribution in [-0.2, 0) is 19.3 Å². The van der Waals surface area contributed by atoms with Crippen LogP contribution in [0.5, 0.6) is 5.75 Å². The number of rotatable bonds is 7. The fourth-order valence-corrected chi connectivity index (χ4v) is 4.16. The van der Waals surface area contributed by atoms with E-state index < -0.39 is 11.7 Å². The van der Waals surface area contributed by atoms with Gasteiger partial charge in [-0.15, -0.1) is 0 Å². The topological polar surface area (TPSA) is 56.1 Å². The van der Waals surface area contributed by atoms with E-state index in [0.717, 1.165) is 34.6 Å². The van der Waals surface area contributed by atoms with E-state index in [9.17, 15) is 18.0 Å². The van der Waals surface area contributed by atoms with Gasteiger partial charge in [0.1, 0.15) is 12.4 Å². The number of aryl methyl sites for hydroxylation is 3. The lowest BCUT2D eigenvalue weighted by Crippen LogP contribution is -2.14. The molecule has 0 saturated heterocycles. The smallest absolute Gasteiger partial charge is 0.416 e. The number of hydrogen-bond donors (Lipinski definition) is 1. The van der Waals surface area contributed by atoms with E-state index in [0.29, 0.717) is 34.8 Å². The summed E-state index contributed by atoms with van der Waals surface area (Å²) in [5.41, 5.74) is 5.04. The van der Waals surface area contributed by atoms with Gasteiger partial charge in [0.05, 0.1) is 29.2 Å². The van der Waals surface area contributed by atoms with Crippen LogP contribution in [0.1, 0.15) is 49.6 Å². The summed E-state index contributed by atoms with van der Waals surface area (Å²) in [5.74, 6) is 0.484. The van der Waals surface area contributed by atoms with Gasteiger partial charge in [-0.05, 0) is 74.7 Å². The predicted octanol–water partition coefficient (Wildman–Crippen LogP) is 7.02. The van der Waals surface area contributed by atoms with Gasteiger partial charge in [-0.3, -0.25) is 9.48 Å². The standard InChI is InChI=1S/C29H28F3N3O2/c1-18-11-12-26(19(2)13-18)37-17-23-8-5-9-24(14-23)28(36)33-27-20(3)34-35(21(27)4)16-22-7-6-10-25(15-22)29(30,31)32/h5-15H,16-17H2,1-4H3,(H,33,36). The van der Waals surface area contributed by atoms with E-state index >= 15 is 0 Å². The first-order valence-corrected chi connectivity index (χ1v) is 11.8. The minimum absolute atomic E-state index is 0.151. The van der Waals surface area contributed by atoms with Crippen molar-refractivity contribution in [2.45, 2.75) is 47.0 Å². The molecule has 4 rings (SSSR count). The molecule has 0 radical (unpaired) electrons. The number of halogens is 3. The quantitative estimate of drug-likeness (QED) is 0.293. The molecule has 1 heterocycles. The van der Waals surface area contributed by atoms with E-state index in [4.69, 9.17) is 4.74 Å². The van der Waals surface area contributed by atoms with Crippen LogP contribution >= 0.6 is 0 Å². The zero-order valence-corrected chi connectivity index (χ0v) is 21.1. The Hall–Kier alpha value is -4.07. The molecule has 5 nitrogen and oxygen atoms in total. The number of aromatic nitrogens is 2. The molecule has 0 aliphatic heterocycles. The number of amides is 1. The number of nitrogens with zero attached hydrogens (tertiary/aromatic N) is 2. The predicted molar refractivity (Wildman–Crippen MR) is 137 cm³/mol. The highest BCUT2D eigenvalue weighted by Gasteiger charge is 2.30. The van der Waals surface area contributed by atoms with Crippen LogP contribution < -0.4 is 10.1 Å². The molecule has 192 valence electrons. The molecule has 0 bridgehead atoms. The van der Waals surface area contributed by atoms with Gasteiger partial charge >= 0.3 is 6.18 Å². The zero-order valence-electron chi connectivity index (χ0n) is 21.1. The van der Waals surface area contributed by atoms with E-state index in [-0.39, 0.29) is 12.5 Å². The Morgan fingerprint density at radius 2 is 1.68 bits per heavy atom. The summed E-state index contributed by atoms with van der Waals surface area (Å²) in [4.78, 5) is 13.0. The maximum Gasteiger partial charge on any atom is 0.416 e. The van der Waals surface area contributed by atoms with Gasteiger partial charge in [-0.1, -0.05) is 42.0 Å². The third-order valence-electron chi connectivity index (χ3n) is 6.12. The second kappa shape index (κ2) is 10.5. The van der Waals surface area contributed by atoms with Gasteiger partial charge in [0.15, 0.2) is 0 Å². The minimum Gasteiger partial charge on any atom is -0.489 e. The Balaban J connectivity index is 1.46. The van der Waals surface area contributed by atoms with Crippen LogP contribution in [0.2, 0.25) is 0 Å². The van der Waals surface area contributed by atoms with Crippen molar-refractivity contribution in [3.8, 4) is 5.75 Å². The molecular weight excluding hydrogens is 479 g/mol. The molecular formula is C29H28F3N3O2. The van der Waals surface area contributed by atoms with Gasteiger partial charge in [0, 0.05) is 5.56 Å². The number of carbonyl (C=O) groups excluding carboxylic acids is 1. The van der Waals surface area contributed by atoms with E-state index in [1.165, 1.54) is 6.07 Å². The molecule has 37 heavy (non-hydrogen) atoms. The highest BCUT2D eigenvalue weighted by molar-refractivity contribution is 6.05. The average Bonchev–Trinajstić information content (AvgIpc) is 3.10. The SMILES string of the molecule is Cc1ccc(OCc2cccc(C(=O)Nc3c(C)nn(Cc4cccc(C(F)(F)F)c4)c3C)c2)c(C)c1. The molecule has 0 spiro atoms. The third-order valence-corrected chi connectivity index (χ3v) is 6.12. The molecule has 1 aromatic heterocycles. The van der Waals surface area contributed by atoms with Crippen molar-refractivity contribution >= 4 is 11.6 Å². The van der Waals surface area contributed by atoms with Gasteiger partial charge in [-0.25, -0.2) is 0 Å². The number of anilines is 1. The number of alkyl halides is 3. The van der Waals surface area contributed by atoms with Crippen molar-refractivity contribution in [1.82, 2.24) is 9.78 Å². The largest absolute Gasteiger partial charge is 0.489 e. The van der Waals surface area contributed by atoms with Gasteiger partial charge in [0.25, 0.3) is 5.91 Å². The van der Waals surface area contributed by atoms with Crippen molar-refractivity contribution in [3.63, 3.8) is 0 Å². The first kappa shape index (κ1) is 26.0. The van der Waals surface area contributed by atoms with Crippen molar-refractivity contribution in [3.05, 3.63) is 111 Å². The Morgan fingerprint density at radius 1 is 0.946 bits per heavy atom. The molecule has 0 aliphatic rings. The highest BCUT2D eigenvalue weighted by atomic mass is 19.4. The molecule has 0 atom stereocenters. The van der Waals surface area contributed by atoms with Crippen LogP contribution in [0.4, 0.5) is 18.9 Å². The lowest BCUT2D eigenvalue weighted by Gasteiger charge is -2.11. The Labute approximate surface area is 213 Å². The maximum atomic E-state index is 13.1. The van der Waals surface area contributed by atoms with E-state index in [2.05, 4.69) is 16.5 Å². The van der Waals surface area contributed by atoms with Crippen LogP contribution in [0.25, 0.3) is 0 Å². The highest BCUT2D eigenvalue weighted by Crippen LogP contribution is 2.30. The first-order valence-electron chi connectivity index (χ1n) is 11.8. The van der Waals surface area contributed by atoms with Gasteiger partial charge < -0.3 is 10.1 Å². The molecule has 0 fully saturated rings. The average molecular weight is 508 g/mol. The molecule has 4 aromatic rings. The Bertz CT molecular complexity index is 1440. The molecule has 0 unspecified atom stereocenters. The van der Waals surface area contributed by atoms with Crippen molar-refractivity contribution in [2.24, 2.45) is 0 Å². The second-order valence-electron chi connectivity index (χ2n) is 9.11. The van der Waals surface area contributed by atoms with Crippen LogP contribution in [-0.4, -0.2) is 15.7 Å². The molecule has 1 N–H and O–H groups in total. The lowest BCUT2D eigenvalue weighted by molar-refractivity contribution is -0.137. The summed E-state index contributed by atoms with van der Waals surface area (Å²) < 4.78 is 46.8. The molecule has 1 amide bonds. The summed E-state index contributed by atoms with van der Waals surface area (Å²) in [7, 11) is 0. The van der Waals surface area contributed by atoms with E-state index in [1.807, 2.05) is 32.0 Å². The van der Waals surface area contributed by atoms with Crippen molar-refractivity contribution in [1.29, 1.82) is 0 Å². The van der Waals surface area contributed by atoms with Crippen LogP contribution in [0.3, 0.4) is 0 Å². The van der Waals surface area contributed by atoms with Crippen molar-refractivity contribution < 1.29 is 22.7 Å². The van der Waals surface area contributed by atoms with Crippen molar-refractivity contribution in [2.75, 3.05) is 5.32 Å². The summed E-state index contributed by atoms with van der Waals surface area (Å²) >= 11 is 0. The summed E-state index contributed by atoms with van der Waals surface area (Å²) in [6, 6.07) is 18.3.